The Kier molecular flexibility index (Phi) is 6.13. The molecule has 0 radical (unpaired) electrons. The van der Waals surface area contributed by atoms with Gasteiger partial charge in [0.15, 0.2) is 0 Å². The quantitative estimate of drug-likeness (QED) is 0.770. The lowest BCUT2D eigenvalue weighted by molar-refractivity contribution is 0.200. The molecule has 0 saturated carbocycles. The highest BCUT2D eigenvalue weighted by atomic mass is 35.5. The van der Waals surface area contributed by atoms with Crippen LogP contribution in [-0.2, 0) is 0 Å². The summed E-state index contributed by atoms with van der Waals surface area (Å²) in [5.74, 6) is 0.664. The number of rotatable bonds is 5. The number of nitrogens with one attached hydrogen (secondary N) is 2. The van der Waals surface area contributed by atoms with Gasteiger partial charge in [-0.2, -0.15) is 0 Å². The molecule has 0 bridgehead atoms. The second kappa shape index (κ2) is 7.88. The lowest BCUT2D eigenvalue weighted by Gasteiger charge is -2.25. The molecule has 5 nitrogen and oxygen atoms in total. The van der Waals surface area contributed by atoms with Gasteiger partial charge in [-0.1, -0.05) is 37.6 Å². The van der Waals surface area contributed by atoms with E-state index in [0.717, 1.165) is 18.4 Å². The highest BCUT2D eigenvalue weighted by Gasteiger charge is 2.24. The summed E-state index contributed by atoms with van der Waals surface area (Å²) in [6.07, 6.45) is 2.30. The predicted molar refractivity (Wildman–Crippen MR) is 90.9 cm³/mol. The molecular weight excluding hydrogens is 316 g/mol. The smallest absolute Gasteiger partial charge is 0.315 e. The van der Waals surface area contributed by atoms with Crippen molar-refractivity contribution in [2.75, 3.05) is 19.8 Å². The highest BCUT2D eigenvalue weighted by Crippen LogP contribution is 2.36. The topological polar surface area (TPSA) is 70.6 Å². The molecule has 23 heavy (non-hydrogen) atoms. The summed E-state index contributed by atoms with van der Waals surface area (Å²) >= 11 is 6.20. The third kappa shape index (κ3) is 5.01. The molecule has 0 fully saturated rings. The minimum atomic E-state index is -0.214. The summed E-state index contributed by atoms with van der Waals surface area (Å²) in [6.45, 7) is 5.24. The standard InChI is InChI=1S/C17H25ClN2O3/c1-17(2,8-9-21)11-19-16(22)20-14-7-4-10-23-15-12(14)5-3-6-13(15)18/h3,5-6,14,21H,4,7-11H2,1-2H3,(H2,19,20,22). The fourth-order valence-electron chi connectivity index (χ4n) is 2.64. The average molecular weight is 341 g/mol. The monoisotopic (exact) mass is 340 g/mol. The Bertz CT molecular complexity index is 549. The number of hydrogen-bond donors (Lipinski definition) is 3. The molecule has 1 unspecified atom stereocenters. The first-order valence-electron chi connectivity index (χ1n) is 7.99. The van der Waals surface area contributed by atoms with Gasteiger partial charge in [0.05, 0.1) is 17.7 Å². The molecule has 128 valence electrons. The van der Waals surface area contributed by atoms with Gasteiger partial charge in [-0.05, 0) is 30.7 Å². The van der Waals surface area contributed by atoms with Gasteiger partial charge >= 0.3 is 6.03 Å². The van der Waals surface area contributed by atoms with E-state index in [1.165, 1.54) is 0 Å². The van der Waals surface area contributed by atoms with Crippen molar-refractivity contribution in [2.24, 2.45) is 5.41 Å². The van der Waals surface area contributed by atoms with E-state index in [2.05, 4.69) is 10.6 Å². The van der Waals surface area contributed by atoms with Crippen molar-refractivity contribution in [1.29, 1.82) is 0 Å². The Hall–Kier alpha value is -1.46. The van der Waals surface area contributed by atoms with Gasteiger partial charge in [-0.25, -0.2) is 4.79 Å². The largest absolute Gasteiger partial charge is 0.492 e. The molecular formula is C17H25ClN2O3. The second-order valence-corrected chi connectivity index (χ2v) is 7.07. The number of amides is 2. The molecule has 0 aromatic heterocycles. The fraction of sp³-hybridized carbons (Fsp3) is 0.588. The van der Waals surface area contributed by atoms with Crippen LogP contribution >= 0.6 is 11.6 Å². The number of para-hydroxylation sites is 1. The highest BCUT2D eigenvalue weighted by molar-refractivity contribution is 6.32. The Balaban J connectivity index is 2.00. The second-order valence-electron chi connectivity index (χ2n) is 6.67. The molecule has 0 aliphatic carbocycles. The van der Waals surface area contributed by atoms with Gasteiger partial charge in [0, 0.05) is 18.7 Å². The molecule has 3 N–H and O–H groups in total. The predicted octanol–water partition coefficient (Wildman–Crippen LogP) is 3.26. The van der Waals surface area contributed by atoms with Crippen molar-refractivity contribution in [3.63, 3.8) is 0 Å². The number of halogens is 1. The minimum absolute atomic E-state index is 0.113. The third-order valence-corrected chi connectivity index (χ3v) is 4.38. The molecule has 1 heterocycles. The normalized spacial score (nSPS) is 17.7. The van der Waals surface area contributed by atoms with E-state index in [9.17, 15) is 4.79 Å². The lowest BCUT2D eigenvalue weighted by atomic mass is 9.90. The molecule has 1 aliphatic rings. The van der Waals surface area contributed by atoms with Crippen LogP contribution in [0.15, 0.2) is 18.2 Å². The molecule has 1 atom stereocenters. The fourth-order valence-corrected chi connectivity index (χ4v) is 2.88. The molecule has 2 rings (SSSR count). The van der Waals surface area contributed by atoms with Crippen LogP contribution in [0.25, 0.3) is 0 Å². The van der Waals surface area contributed by atoms with E-state index in [-0.39, 0.29) is 24.1 Å². The maximum atomic E-state index is 12.2. The van der Waals surface area contributed by atoms with Crippen LogP contribution < -0.4 is 15.4 Å². The van der Waals surface area contributed by atoms with Gasteiger partial charge in [-0.15, -0.1) is 0 Å². The first kappa shape index (κ1) is 17.9. The summed E-state index contributed by atoms with van der Waals surface area (Å²) in [5.41, 5.74) is 0.777. The summed E-state index contributed by atoms with van der Waals surface area (Å²) in [6, 6.07) is 5.27. The van der Waals surface area contributed by atoms with Crippen LogP contribution in [0.2, 0.25) is 5.02 Å². The zero-order chi connectivity index (χ0) is 16.9. The summed E-state index contributed by atoms with van der Waals surface area (Å²) in [5, 5.41) is 15.5. The van der Waals surface area contributed by atoms with E-state index < -0.39 is 0 Å². The van der Waals surface area contributed by atoms with Crippen molar-refractivity contribution in [1.82, 2.24) is 10.6 Å². The molecule has 0 saturated heterocycles. The number of carbonyl (C=O) groups is 1. The number of aliphatic hydroxyl groups is 1. The maximum Gasteiger partial charge on any atom is 0.315 e. The van der Waals surface area contributed by atoms with Gasteiger partial charge in [0.2, 0.25) is 0 Å². The van der Waals surface area contributed by atoms with E-state index in [0.29, 0.717) is 30.3 Å². The van der Waals surface area contributed by atoms with Crippen molar-refractivity contribution >= 4 is 17.6 Å². The number of aliphatic hydroxyl groups excluding tert-OH is 1. The number of ether oxygens (including phenoxy) is 1. The average Bonchev–Trinajstić information content (AvgIpc) is 2.69. The van der Waals surface area contributed by atoms with E-state index >= 15 is 0 Å². The van der Waals surface area contributed by atoms with Crippen LogP contribution in [0, 0.1) is 5.41 Å². The Morgan fingerprint density at radius 1 is 1.48 bits per heavy atom. The van der Waals surface area contributed by atoms with Crippen LogP contribution in [0.5, 0.6) is 5.75 Å². The van der Waals surface area contributed by atoms with Crippen molar-refractivity contribution in [2.45, 2.75) is 39.2 Å². The summed E-state index contributed by atoms with van der Waals surface area (Å²) in [7, 11) is 0. The number of fused-ring (bicyclic) bond motifs is 1. The molecule has 2 amide bonds. The van der Waals surface area contributed by atoms with Crippen LogP contribution in [0.3, 0.4) is 0 Å². The van der Waals surface area contributed by atoms with Crippen molar-refractivity contribution < 1.29 is 14.6 Å². The summed E-state index contributed by atoms with van der Waals surface area (Å²) < 4.78 is 5.71. The van der Waals surface area contributed by atoms with Crippen LogP contribution in [-0.4, -0.2) is 30.9 Å². The van der Waals surface area contributed by atoms with E-state index in [1.807, 2.05) is 26.0 Å². The van der Waals surface area contributed by atoms with Gasteiger partial charge < -0.3 is 20.5 Å². The number of urea groups is 1. The zero-order valence-electron chi connectivity index (χ0n) is 13.7. The molecule has 6 heteroatoms. The minimum Gasteiger partial charge on any atom is -0.492 e. The third-order valence-electron chi connectivity index (χ3n) is 4.08. The number of carbonyl (C=O) groups excluding carboxylic acids is 1. The van der Waals surface area contributed by atoms with Crippen LogP contribution in [0.1, 0.15) is 44.7 Å². The Labute approximate surface area is 142 Å². The van der Waals surface area contributed by atoms with E-state index in [1.54, 1.807) is 6.07 Å². The Morgan fingerprint density at radius 2 is 2.26 bits per heavy atom. The lowest BCUT2D eigenvalue weighted by Crippen LogP contribution is -2.42. The van der Waals surface area contributed by atoms with Crippen molar-refractivity contribution in [3.8, 4) is 5.75 Å². The Morgan fingerprint density at radius 3 is 3.00 bits per heavy atom. The zero-order valence-corrected chi connectivity index (χ0v) is 14.4. The number of benzene rings is 1. The number of hydrogen-bond acceptors (Lipinski definition) is 3. The van der Waals surface area contributed by atoms with Gasteiger partial charge in [0.1, 0.15) is 5.75 Å². The first-order valence-corrected chi connectivity index (χ1v) is 8.37. The van der Waals surface area contributed by atoms with Crippen molar-refractivity contribution in [3.05, 3.63) is 28.8 Å². The first-order chi connectivity index (χ1) is 10.9. The molecule has 0 spiro atoms. The van der Waals surface area contributed by atoms with Gasteiger partial charge in [0.25, 0.3) is 0 Å². The SMILES string of the molecule is CC(C)(CCO)CNC(=O)NC1CCCOc2c(Cl)cccc21. The van der Waals surface area contributed by atoms with Gasteiger partial charge in [-0.3, -0.25) is 0 Å². The molecule has 1 aromatic rings. The molecule has 1 aromatic carbocycles. The maximum absolute atomic E-state index is 12.2. The molecule has 1 aliphatic heterocycles. The van der Waals surface area contributed by atoms with Crippen LogP contribution in [0.4, 0.5) is 4.79 Å². The summed E-state index contributed by atoms with van der Waals surface area (Å²) in [4.78, 5) is 12.2. The van der Waals surface area contributed by atoms with E-state index in [4.69, 9.17) is 21.4 Å².